The maximum absolute atomic E-state index is 12.1. The molecule has 2 rings (SSSR count). The molecule has 2 unspecified atom stereocenters. The van der Waals surface area contributed by atoms with Crippen molar-refractivity contribution in [2.45, 2.75) is 46.5 Å². The number of ketones is 1. The average molecular weight is 210 g/mol. The lowest BCUT2D eigenvalue weighted by Crippen LogP contribution is -2.40. The minimum absolute atomic E-state index is 0.146. The maximum atomic E-state index is 12.1. The van der Waals surface area contributed by atoms with E-state index in [0.29, 0.717) is 18.3 Å². The van der Waals surface area contributed by atoms with Gasteiger partial charge in [0.05, 0.1) is 12.0 Å². The van der Waals surface area contributed by atoms with Crippen LogP contribution in [0.5, 0.6) is 0 Å². The van der Waals surface area contributed by atoms with Gasteiger partial charge in [-0.3, -0.25) is 4.79 Å². The molecular formula is C13H22O2. The highest BCUT2D eigenvalue weighted by atomic mass is 16.5. The number of carbonyl (C=O) groups is 1. The minimum atomic E-state index is -0.146. The van der Waals surface area contributed by atoms with Gasteiger partial charge in [-0.1, -0.05) is 20.8 Å². The van der Waals surface area contributed by atoms with Gasteiger partial charge in [-0.15, -0.1) is 0 Å². The second-order valence-corrected chi connectivity index (χ2v) is 5.72. The second-order valence-electron chi connectivity index (χ2n) is 5.72. The molecule has 2 saturated carbocycles. The van der Waals surface area contributed by atoms with Crippen LogP contribution in [0.25, 0.3) is 0 Å². The first kappa shape index (κ1) is 11.1. The molecule has 2 nitrogen and oxygen atoms in total. The van der Waals surface area contributed by atoms with Crippen LogP contribution in [0.3, 0.4) is 0 Å². The molecule has 0 aliphatic heterocycles. The van der Waals surface area contributed by atoms with E-state index in [-0.39, 0.29) is 10.8 Å². The van der Waals surface area contributed by atoms with E-state index < -0.39 is 0 Å². The van der Waals surface area contributed by atoms with E-state index in [0.717, 1.165) is 25.9 Å². The van der Waals surface area contributed by atoms with Crippen molar-refractivity contribution < 1.29 is 9.53 Å². The van der Waals surface area contributed by atoms with Crippen LogP contribution in [0.2, 0.25) is 0 Å². The highest BCUT2D eigenvalue weighted by molar-refractivity contribution is 5.89. The van der Waals surface area contributed by atoms with Crippen LogP contribution >= 0.6 is 0 Å². The predicted molar refractivity (Wildman–Crippen MR) is 59.7 cm³/mol. The maximum Gasteiger partial charge on any atom is 0.142 e. The number of rotatable bonds is 4. The first-order valence-corrected chi connectivity index (χ1v) is 6.15. The van der Waals surface area contributed by atoms with Gasteiger partial charge in [0.25, 0.3) is 0 Å². The van der Waals surface area contributed by atoms with Crippen molar-refractivity contribution in [1.29, 1.82) is 0 Å². The standard InChI is InChI=1S/C13H22O2/c1-4-7-15-9-13-6-5-10(8-11(13)14)12(13,2)3/h10H,4-9H2,1-3H3. The molecule has 2 aliphatic carbocycles. The first-order chi connectivity index (χ1) is 7.04. The van der Waals surface area contributed by atoms with Gasteiger partial charge in [0.1, 0.15) is 5.78 Å². The molecule has 2 heteroatoms. The number of hydrogen-bond acceptors (Lipinski definition) is 2. The summed E-state index contributed by atoms with van der Waals surface area (Å²) >= 11 is 0. The summed E-state index contributed by atoms with van der Waals surface area (Å²) in [4.78, 5) is 12.1. The van der Waals surface area contributed by atoms with Crippen LogP contribution in [-0.4, -0.2) is 19.0 Å². The van der Waals surface area contributed by atoms with Gasteiger partial charge in [0.2, 0.25) is 0 Å². The first-order valence-electron chi connectivity index (χ1n) is 6.15. The molecule has 2 aliphatic rings. The fourth-order valence-electron chi connectivity index (χ4n) is 3.50. The summed E-state index contributed by atoms with van der Waals surface area (Å²) in [7, 11) is 0. The smallest absolute Gasteiger partial charge is 0.142 e. The van der Waals surface area contributed by atoms with Gasteiger partial charge in [-0.05, 0) is 30.6 Å². The summed E-state index contributed by atoms with van der Waals surface area (Å²) in [5.74, 6) is 1.06. The highest BCUT2D eigenvalue weighted by Crippen LogP contribution is 2.63. The summed E-state index contributed by atoms with van der Waals surface area (Å²) in [6.45, 7) is 8.06. The summed E-state index contributed by atoms with van der Waals surface area (Å²) in [6, 6.07) is 0. The molecular weight excluding hydrogens is 188 g/mol. The number of Topliss-reactive ketones (excluding diaryl/α,β-unsaturated/α-hetero) is 1. The minimum Gasteiger partial charge on any atom is -0.380 e. The van der Waals surface area contributed by atoms with Gasteiger partial charge < -0.3 is 4.74 Å². The molecule has 86 valence electrons. The molecule has 0 aromatic rings. The molecule has 2 bridgehead atoms. The largest absolute Gasteiger partial charge is 0.380 e. The molecule has 15 heavy (non-hydrogen) atoms. The van der Waals surface area contributed by atoms with Crippen LogP contribution in [0.4, 0.5) is 0 Å². The Morgan fingerprint density at radius 2 is 2.20 bits per heavy atom. The van der Waals surface area contributed by atoms with E-state index >= 15 is 0 Å². The van der Waals surface area contributed by atoms with Crippen molar-refractivity contribution in [3.63, 3.8) is 0 Å². The Balaban J connectivity index is 2.13. The third-order valence-electron chi connectivity index (χ3n) is 4.84. The lowest BCUT2D eigenvalue weighted by Gasteiger charge is -2.36. The predicted octanol–water partition coefficient (Wildman–Crippen LogP) is 2.81. The summed E-state index contributed by atoms with van der Waals surface area (Å²) in [6.07, 6.45) is 4.10. The highest BCUT2D eigenvalue weighted by Gasteiger charge is 2.64. The number of fused-ring (bicyclic) bond motifs is 2. The Labute approximate surface area is 92.4 Å². The van der Waals surface area contributed by atoms with E-state index in [9.17, 15) is 4.79 Å². The van der Waals surface area contributed by atoms with Crippen molar-refractivity contribution in [2.24, 2.45) is 16.7 Å². The topological polar surface area (TPSA) is 26.3 Å². The number of ether oxygens (including phenoxy) is 1. The van der Waals surface area contributed by atoms with Crippen LogP contribution in [0.15, 0.2) is 0 Å². The van der Waals surface area contributed by atoms with Crippen LogP contribution in [0, 0.1) is 16.7 Å². The summed E-state index contributed by atoms with van der Waals surface area (Å²) in [5, 5.41) is 0. The van der Waals surface area contributed by atoms with E-state index in [1.165, 1.54) is 6.42 Å². The van der Waals surface area contributed by atoms with Gasteiger partial charge in [0, 0.05) is 13.0 Å². The zero-order valence-electron chi connectivity index (χ0n) is 10.1. The Hall–Kier alpha value is -0.370. The zero-order chi connectivity index (χ0) is 11.1. The van der Waals surface area contributed by atoms with E-state index in [2.05, 4.69) is 20.8 Å². The Morgan fingerprint density at radius 3 is 2.67 bits per heavy atom. The lowest BCUT2D eigenvalue weighted by atomic mass is 9.69. The van der Waals surface area contributed by atoms with E-state index in [1.807, 2.05) is 0 Å². The molecule has 0 aromatic heterocycles. The molecule has 0 radical (unpaired) electrons. The normalized spacial score (nSPS) is 37.5. The molecule has 0 aromatic carbocycles. The SMILES string of the molecule is CCCOCC12CCC(CC1=O)C2(C)C. The Bertz CT molecular complexity index is 270. The average Bonchev–Trinajstić information content (AvgIpc) is 2.52. The van der Waals surface area contributed by atoms with Crippen LogP contribution in [-0.2, 0) is 9.53 Å². The molecule has 0 heterocycles. The fourth-order valence-corrected chi connectivity index (χ4v) is 3.50. The third-order valence-corrected chi connectivity index (χ3v) is 4.84. The van der Waals surface area contributed by atoms with Crippen molar-refractivity contribution in [1.82, 2.24) is 0 Å². The van der Waals surface area contributed by atoms with Crippen molar-refractivity contribution in [3.8, 4) is 0 Å². The van der Waals surface area contributed by atoms with Crippen LogP contribution < -0.4 is 0 Å². The molecule has 0 amide bonds. The summed E-state index contributed by atoms with van der Waals surface area (Å²) in [5.41, 5.74) is 0.0185. The van der Waals surface area contributed by atoms with Crippen molar-refractivity contribution >= 4 is 5.78 Å². The van der Waals surface area contributed by atoms with Crippen molar-refractivity contribution in [2.75, 3.05) is 13.2 Å². The van der Waals surface area contributed by atoms with Gasteiger partial charge in [0.15, 0.2) is 0 Å². The number of hydrogen-bond donors (Lipinski definition) is 0. The quantitative estimate of drug-likeness (QED) is 0.667. The molecule has 2 atom stereocenters. The lowest BCUT2D eigenvalue weighted by molar-refractivity contribution is -0.134. The van der Waals surface area contributed by atoms with Crippen LogP contribution in [0.1, 0.15) is 46.5 Å². The second kappa shape index (κ2) is 3.58. The third kappa shape index (κ3) is 1.37. The fraction of sp³-hybridized carbons (Fsp3) is 0.923. The van der Waals surface area contributed by atoms with Crippen molar-refractivity contribution in [3.05, 3.63) is 0 Å². The zero-order valence-corrected chi connectivity index (χ0v) is 10.1. The van der Waals surface area contributed by atoms with Gasteiger partial charge >= 0.3 is 0 Å². The van der Waals surface area contributed by atoms with Gasteiger partial charge in [-0.25, -0.2) is 0 Å². The van der Waals surface area contributed by atoms with E-state index in [1.54, 1.807) is 0 Å². The number of carbonyl (C=O) groups excluding carboxylic acids is 1. The van der Waals surface area contributed by atoms with Gasteiger partial charge in [-0.2, -0.15) is 0 Å². The van der Waals surface area contributed by atoms with E-state index in [4.69, 9.17) is 4.74 Å². The summed E-state index contributed by atoms with van der Waals surface area (Å²) < 4.78 is 5.67. The Kier molecular flexibility index (Phi) is 2.66. The molecule has 0 saturated heterocycles. The molecule has 0 N–H and O–H groups in total. The molecule has 0 spiro atoms. The Morgan fingerprint density at radius 1 is 1.47 bits per heavy atom. The molecule has 2 fully saturated rings. The monoisotopic (exact) mass is 210 g/mol.